The SMILES string of the molecule is CCC(C)c1ccc(NCc2cc(C)c(O)c(C)c2)cc1. The zero-order valence-electron chi connectivity index (χ0n) is 13.4. The summed E-state index contributed by atoms with van der Waals surface area (Å²) >= 11 is 0. The molecule has 2 heteroatoms. The predicted octanol–water partition coefficient (Wildman–Crippen LogP) is 5.13. The summed E-state index contributed by atoms with van der Waals surface area (Å²) in [6.45, 7) is 9.11. The van der Waals surface area contributed by atoms with E-state index in [9.17, 15) is 5.11 Å². The lowest BCUT2D eigenvalue weighted by atomic mass is 9.98. The van der Waals surface area contributed by atoms with Crippen molar-refractivity contribution in [2.75, 3.05) is 5.32 Å². The minimum absolute atomic E-state index is 0.400. The molecule has 2 rings (SSSR count). The topological polar surface area (TPSA) is 32.3 Å². The summed E-state index contributed by atoms with van der Waals surface area (Å²) < 4.78 is 0. The monoisotopic (exact) mass is 283 g/mol. The smallest absolute Gasteiger partial charge is 0.121 e. The van der Waals surface area contributed by atoms with Crippen molar-refractivity contribution in [3.63, 3.8) is 0 Å². The maximum Gasteiger partial charge on any atom is 0.121 e. The molecule has 2 N–H and O–H groups in total. The summed E-state index contributed by atoms with van der Waals surface area (Å²) in [5.41, 5.74) is 5.57. The van der Waals surface area contributed by atoms with Crippen LogP contribution in [-0.4, -0.2) is 5.11 Å². The normalized spacial score (nSPS) is 12.2. The largest absolute Gasteiger partial charge is 0.507 e. The molecule has 1 unspecified atom stereocenters. The third-order valence-electron chi connectivity index (χ3n) is 4.14. The van der Waals surface area contributed by atoms with Crippen LogP contribution in [0.1, 0.15) is 48.4 Å². The van der Waals surface area contributed by atoms with E-state index in [0.717, 1.165) is 23.4 Å². The molecule has 0 heterocycles. The lowest BCUT2D eigenvalue weighted by Gasteiger charge is -2.12. The van der Waals surface area contributed by atoms with Gasteiger partial charge in [0.05, 0.1) is 0 Å². The highest BCUT2D eigenvalue weighted by atomic mass is 16.3. The maximum atomic E-state index is 9.80. The molecule has 2 nitrogen and oxygen atoms in total. The molecule has 0 aliphatic rings. The van der Waals surface area contributed by atoms with E-state index in [1.165, 1.54) is 17.5 Å². The summed E-state index contributed by atoms with van der Waals surface area (Å²) in [6.07, 6.45) is 1.17. The number of phenolic OH excluding ortho intramolecular Hbond substituents is 1. The molecule has 0 bridgehead atoms. The number of hydrogen-bond donors (Lipinski definition) is 2. The summed E-state index contributed by atoms with van der Waals surface area (Å²) in [6, 6.07) is 12.7. The number of phenols is 1. The Hall–Kier alpha value is -1.96. The molecule has 0 saturated heterocycles. The second-order valence-electron chi connectivity index (χ2n) is 5.86. The summed E-state index contributed by atoms with van der Waals surface area (Å²) in [5, 5.41) is 13.2. The maximum absolute atomic E-state index is 9.80. The lowest BCUT2D eigenvalue weighted by molar-refractivity contribution is 0.466. The van der Waals surface area contributed by atoms with Gasteiger partial charge >= 0.3 is 0 Å². The second kappa shape index (κ2) is 6.66. The molecular formula is C19H25NO. The van der Waals surface area contributed by atoms with Crippen LogP contribution in [0.5, 0.6) is 5.75 Å². The Bertz CT molecular complexity index is 578. The Labute approximate surface area is 127 Å². The zero-order chi connectivity index (χ0) is 15.4. The van der Waals surface area contributed by atoms with E-state index in [0.29, 0.717) is 11.7 Å². The van der Waals surface area contributed by atoms with E-state index in [1.807, 2.05) is 26.0 Å². The number of benzene rings is 2. The fourth-order valence-corrected chi connectivity index (χ4v) is 2.52. The van der Waals surface area contributed by atoms with E-state index in [-0.39, 0.29) is 0 Å². The van der Waals surface area contributed by atoms with Gasteiger partial charge in [0.15, 0.2) is 0 Å². The summed E-state index contributed by atoms with van der Waals surface area (Å²) in [7, 11) is 0. The standard InChI is InChI=1S/C19H25NO/c1-5-13(2)17-6-8-18(9-7-17)20-12-16-10-14(3)19(21)15(4)11-16/h6-11,13,20-21H,5,12H2,1-4H3. The van der Waals surface area contributed by atoms with E-state index in [4.69, 9.17) is 0 Å². The van der Waals surface area contributed by atoms with E-state index in [2.05, 4.69) is 43.4 Å². The van der Waals surface area contributed by atoms with Crippen LogP contribution < -0.4 is 5.32 Å². The van der Waals surface area contributed by atoms with Crippen molar-refractivity contribution in [2.45, 2.75) is 46.6 Å². The quantitative estimate of drug-likeness (QED) is 0.796. The number of rotatable bonds is 5. The van der Waals surface area contributed by atoms with Gasteiger partial charge in [0.1, 0.15) is 5.75 Å². The van der Waals surface area contributed by atoms with Gasteiger partial charge in [-0.2, -0.15) is 0 Å². The van der Waals surface area contributed by atoms with Crippen molar-refractivity contribution in [1.82, 2.24) is 0 Å². The molecule has 0 aliphatic heterocycles. The van der Waals surface area contributed by atoms with Gasteiger partial charge in [-0.3, -0.25) is 0 Å². The molecule has 0 aliphatic carbocycles. The Morgan fingerprint density at radius 3 is 2.14 bits per heavy atom. The highest BCUT2D eigenvalue weighted by Gasteiger charge is 2.04. The molecule has 0 aromatic heterocycles. The molecule has 0 saturated carbocycles. The van der Waals surface area contributed by atoms with Crippen LogP contribution in [0.4, 0.5) is 5.69 Å². The molecular weight excluding hydrogens is 258 g/mol. The highest BCUT2D eigenvalue weighted by Crippen LogP contribution is 2.24. The molecule has 1 atom stereocenters. The summed E-state index contributed by atoms with van der Waals surface area (Å²) in [5.74, 6) is 1.01. The van der Waals surface area contributed by atoms with Crippen molar-refractivity contribution in [3.05, 3.63) is 58.7 Å². The first-order chi connectivity index (χ1) is 10.0. The van der Waals surface area contributed by atoms with Gasteiger partial charge < -0.3 is 10.4 Å². The van der Waals surface area contributed by atoms with Gasteiger partial charge in [0.2, 0.25) is 0 Å². The molecule has 0 radical (unpaired) electrons. The van der Waals surface area contributed by atoms with Crippen LogP contribution in [0.3, 0.4) is 0 Å². The fraction of sp³-hybridized carbons (Fsp3) is 0.368. The van der Waals surface area contributed by atoms with Gasteiger partial charge in [-0.25, -0.2) is 0 Å². The average Bonchev–Trinajstić information content (AvgIpc) is 2.50. The number of nitrogens with one attached hydrogen (secondary N) is 1. The fourth-order valence-electron chi connectivity index (χ4n) is 2.52. The van der Waals surface area contributed by atoms with Crippen molar-refractivity contribution in [3.8, 4) is 5.75 Å². The molecule has 112 valence electrons. The van der Waals surface area contributed by atoms with Crippen molar-refractivity contribution in [2.24, 2.45) is 0 Å². The van der Waals surface area contributed by atoms with Crippen LogP contribution in [0.2, 0.25) is 0 Å². The third kappa shape index (κ3) is 3.78. The second-order valence-corrected chi connectivity index (χ2v) is 5.86. The first-order valence-electron chi connectivity index (χ1n) is 7.64. The number of hydrogen-bond acceptors (Lipinski definition) is 2. The van der Waals surface area contributed by atoms with Gasteiger partial charge in [-0.1, -0.05) is 38.1 Å². The first kappa shape index (κ1) is 15.4. The predicted molar refractivity (Wildman–Crippen MR) is 90.1 cm³/mol. The first-order valence-corrected chi connectivity index (χ1v) is 7.64. The van der Waals surface area contributed by atoms with Crippen LogP contribution in [0.25, 0.3) is 0 Å². The molecule has 0 fully saturated rings. The number of anilines is 1. The Morgan fingerprint density at radius 1 is 1.05 bits per heavy atom. The van der Waals surface area contributed by atoms with E-state index in [1.54, 1.807) is 0 Å². The molecule has 0 amide bonds. The highest BCUT2D eigenvalue weighted by molar-refractivity contribution is 5.47. The lowest BCUT2D eigenvalue weighted by Crippen LogP contribution is -2.01. The van der Waals surface area contributed by atoms with Gasteiger partial charge in [-0.15, -0.1) is 0 Å². The molecule has 0 spiro atoms. The van der Waals surface area contributed by atoms with Crippen LogP contribution >= 0.6 is 0 Å². The van der Waals surface area contributed by atoms with Crippen molar-refractivity contribution >= 4 is 5.69 Å². The van der Waals surface area contributed by atoms with Gasteiger partial charge in [0, 0.05) is 12.2 Å². The van der Waals surface area contributed by atoms with Crippen LogP contribution in [0, 0.1) is 13.8 Å². The van der Waals surface area contributed by atoms with Crippen molar-refractivity contribution in [1.29, 1.82) is 0 Å². The van der Waals surface area contributed by atoms with Crippen LogP contribution in [0.15, 0.2) is 36.4 Å². The molecule has 2 aromatic carbocycles. The minimum atomic E-state index is 0.400. The van der Waals surface area contributed by atoms with Gasteiger partial charge in [-0.05, 0) is 60.6 Å². The minimum Gasteiger partial charge on any atom is -0.507 e. The average molecular weight is 283 g/mol. The summed E-state index contributed by atoms with van der Waals surface area (Å²) in [4.78, 5) is 0. The van der Waals surface area contributed by atoms with Gasteiger partial charge in [0.25, 0.3) is 0 Å². The van der Waals surface area contributed by atoms with E-state index < -0.39 is 0 Å². The number of aromatic hydroxyl groups is 1. The Kier molecular flexibility index (Phi) is 4.89. The Balaban J connectivity index is 2.03. The third-order valence-corrected chi connectivity index (χ3v) is 4.14. The van der Waals surface area contributed by atoms with Crippen LogP contribution in [-0.2, 0) is 6.54 Å². The number of aryl methyl sites for hydroxylation is 2. The Morgan fingerprint density at radius 2 is 1.62 bits per heavy atom. The van der Waals surface area contributed by atoms with E-state index >= 15 is 0 Å². The molecule has 2 aromatic rings. The molecule has 21 heavy (non-hydrogen) atoms. The van der Waals surface area contributed by atoms with Crippen molar-refractivity contribution < 1.29 is 5.11 Å². The zero-order valence-corrected chi connectivity index (χ0v) is 13.4.